The van der Waals surface area contributed by atoms with Crippen molar-refractivity contribution < 1.29 is 18.6 Å². The van der Waals surface area contributed by atoms with Gasteiger partial charge in [0, 0.05) is 21.2 Å². The summed E-state index contributed by atoms with van der Waals surface area (Å²) in [6, 6.07) is 53.2. The Morgan fingerprint density at radius 1 is 0.341 bits per heavy atom. The van der Waals surface area contributed by atoms with Gasteiger partial charge in [0.05, 0.1) is 10.6 Å². The van der Waals surface area contributed by atoms with Crippen LogP contribution < -0.4 is 41.3 Å². The predicted molar refractivity (Wildman–Crippen MR) is 183 cm³/mol. The van der Waals surface area contributed by atoms with E-state index in [1.165, 1.54) is 0 Å². The first-order valence-corrected chi connectivity index (χ1v) is 17.9. The third-order valence-electron chi connectivity index (χ3n) is 7.49. The van der Waals surface area contributed by atoms with E-state index in [0.29, 0.717) is 22.1 Å². The maximum atomic E-state index is 15.0. The minimum absolute atomic E-state index is 0.204. The van der Waals surface area contributed by atoms with Gasteiger partial charge < -0.3 is 18.6 Å². The highest BCUT2D eigenvalue weighted by Gasteiger charge is 2.34. The lowest BCUT2D eigenvalue weighted by atomic mass is 10.3. The molecule has 4 nitrogen and oxygen atoms in total. The van der Waals surface area contributed by atoms with Crippen LogP contribution >= 0.6 is 14.3 Å². The van der Waals surface area contributed by atoms with Gasteiger partial charge in [-0.15, -0.1) is 0 Å². The molecule has 218 valence electrons. The standard InChI is InChI=1S/C38H32O4P2/c39-43(31-17-5-1-6-18-31,32-19-7-2-8-20-32)37-27-15-13-25-35(37)41-29-30-42-36-26-14-16-28-38(36)44(40,33-21-9-3-10-22-33)34-23-11-4-12-24-34/h1-28H,29-30H2. The second-order valence-electron chi connectivity index (χ2n) is 10.2. The molecule has 0 radical (unpaired) electrons. The molecule has 0 amide bonds. The summed E-state index contributed by atoms with van der Waals surface area (Å²) in [6.07, 6.45) is 0. The second kappa shape index (κ2) is 13.3. The van der Waals surface area contributed by atoms with Crippen LogP contribution in [-0.2, 0) is 9.13 Å². The third kappa shape index (κ3) is 5.80. The normalized spacial score (nSPS) is 11.5. The van der Waals surface area contributed by atoms with Crippen LogP contribution in [0, 0.1) is 0 Å². The fraction of sp³-hybridized carbons (Fsp3) is 0.0526. The van der Waals surface area contributed by atoms with Gasteiger partial charge in [-0.25, -0.2) is 0 Å². The lowest BCUT2D eigenvalue weighted by molar-refractivity contribution is 0.219. The summed E-state index contributed by atoms with van der Waals surface area (Å²) < 4.78 is 42.5. The van der Waals surface area contributed by atoms with Gasteiger partial charge in [-0.1, -0.05) is 146 Å². The van der Waals surface area contributed by atoms with E-state index in [-0.39, 0.29) is 13.2 Å². The summed E-state index contributed by atoms with van der Waals surface area (Å²) in [6.45, 7) is 0.409. The summed E-state index contributed by atoms with van der Waals surface area (Å²) in [4.78, 5) is 0. The van der Waals surface area contributed by atoms with Crippen molar-refractivity contribution in [3.8, 4) is 11.5 Å². The molecule has 0 saturated heterocycles. The highest BCUT2D eigenvalue weighted by Crippen LogP contribution is 2.46. The van der Waals surface area contributed by atoms with Crippen molar-refractivity contribution >= 4 is 46.1 Å². The zero-order valence-electron chi connectivity index (χ0n) is 24.1. The molecule has 6 heteroatoms. The summed E-state index contributed by atoms with van der Waals surface area (Å²) in [7, 11) is -6.44. The monoisotopic (exact) mass is 614 g/mol. The van der Waals surface area contributed by atoms with Crippen molar-refractivity contribution in [2.24, 2.45) is 0 Å². The number of rotatable bonds is 11. The van der Waals surface area contributed by atoms with E-state index in [0.717, 1.165) is 21.2 Å². The molecule has 6 rings (SSSR count). The van der Waals surface area contributed by atoms with Crippen LogP contribution in [0.5, 0.6) is 11.5 Å². The van der Waals surface area contributed by atoms with Crippen molar-refractivity contribution in [2.75, 3.05) is 13.2 Å². The number of benzene rings is 6. The van der Waals surface area contributed by atoms with Gasteiger partial charge in [0.15, 0.2) is 14.3 Å². The van der Waals surface area contributed by atoms with E-state index in [1.807, 2.05) is 170 Å². The highest BCUT2D eigenvalue weighted by atomic mass is 31.2. The maximum absolute atomic E-state index is 15.0. The summed E-state index contributed by atoms with van der Waals surface area (Å²) >= 11 is 0. The lowest BCUT2D eigenvalue weighted by Gasteiger charge is -2.23. The van der Waals surface area contributed by atoms with Crippen molar-refractivity contribution in [1.29, 1.82) is 0 Å². The molecule has 0 bridgehead atoms. The highest BCUT2D eigenvalue weighted by molar-refractivity contribution is 7.86. The first-order chi connectivity index (χ1) is 21.6. The molecule has 0 fully saturated rings. The molecule has 0 saturated carbocycles. The minimum Gasteiger partial charge on any atom is -0.489 e. The van der Waals surface area contributed by atoms with Gasteiger partial charge >= 0.3 is 0 Å². The molecule has 0 atom stereocenters. The number of para-hydroxylation sites is 2. The van der Waals surface area contributed by atoms with Gasteiger partial charge in [0.25, 0.3) is 0 Å². The molecule has 0 aromatic heterocycles. The molecule has 0 aliphatic rings. The first-order valence-electron chi connectivity index (χ1n) is 14.5. The Kier molecular flexibility index (Phi) is 8.94. The molecular weight excluding hydrogens is 582 g/mol. The average molecular weight is 615 g/mol. The third-order valence-corrected chi connectivity index (χ3v) is 13.7. The summed E-state index contributed by atoms with van der Waals surface area (Å²) in [5, 5.41) is 4.23. The molecule has 0 aliphatic carbocycles. The van der Waals surface area contributed by atoms with Crippen molar-refractivity contribution in [3.63, 3.8) is 0 Å². The zero-order valence-corrected chi connectivity index (χ0v) is 25.9. The SMILES string of the molecule is O=P(c1ccccc1)(c1ccccc1)c1ccccc1OCCOc1ccccc1P(=O)(c1ccccc1)c1ccccc1. The van der Waals surface area contributed by atoms with Crippen LogP contribution in [0.15, 0.2) is 170 Å². The van der Waals surface area contributed by atoms with E-state index in [9.17, 15) is 9.13 Å². The van der Waals surface area contributed by atoms with Gasteiger partial charge in [-0.3, -0.25) is 0 Å². The molecule has 0 N–H and O–H groups in total. The summed E-state index contributed by atoms with van der Waals surface area (Å²) in [5.74, 6) is 1.08. The Balaban J connectivity index is 1.28. The van der Waals surface area contributed by atoms with E-state index in [4.69, 9.17) is 9.47 Å². The molecule has 0 heterocycles. The van der Waals surface area contributed by atoms with Crippen LogP contribution in [0.3, 0.4) is 0 Å². The fourth-order valence-electron chi connectivity index (χ4n) is 5.39. The van der Waals surface area contributed by atoms with Crippen LogP contribution in [0.25, 0.3) is 0 Å². The molecule has 44 heavy (non-hydrogen) atoms. The maximum Gasteiger partial charge on any atom is 0.174 e. The molecule has 6 aromatic rings. The Bertz CT molecular complexity index is 1680. The predicted octanol–water partition coefficient (Wildman–Crippen LogP) is 6.42. The zero-order chi connectivity index (χ0) is 30.2. The first kappa shape index (κ1) is 29.5. The summed E-state index contributed by atoms with van der Waals surface area (Å²) in [5.41, 5.74) is 0. The number of hydrogen-bond donors (Lipinski definition) is 0. The van der Waals surface area contributed by atoms with Gasteiger partial charge in [0.1, 0.15) is 24.7 Å². The minimum atomic E-state index is -3.22. The second-order valence-corrected chi connectivity index (χ2v) is 15.7. The van der Waals surface area contributed by atoms with Crippen LogP contribution in [0.4, 0.5) is 0 Å². The van der Waals surface area contributed by atoms with Crippen LogP contribution in [0.1, 0.15) is 0 Å². The Labute approximate surface area is 258 Å². The van der Waals surface area contributed by atoms with E-state index in [1.54, 1.807) is 0 Å². The van der Waals surface area contributed by atoms with Crippen LogP contribution in [-0.4, -0.2) is 13.2 Å². The topological polar surface area (TPSA) is 52.6 Å². The smallest absolute Gasteiger partial charge is 0.174 e. The lowest BCUT2D eigenvalue weighted by Crippen LogP contribution is -2.27. The molecule has 0 aliphatic heterocycles. The number of hydrogen-bond acceptors (Lipinski definition) is 4. The van der Waals surface area contributed by atoms with Crippen molar-refractivity contribution in [3.05, 3.63) is 170 Å². The molecule has 6 aromatic carbocycles. The van der Waals surface area contributed by atoms with Gasteiger partial charge in [0.2, 0.25) is 0 Å². The Morgan fingerprint density at radius 2 is 0.591 bits per heavy atom. The van der Waals surface area contributed by atoms with E-state index in [2.05, 4.69) is 0 Å². The van der Waals surface area contributed by atoms with Crippen LogP contribution in [0.2, 0.25) is 0 Å². The van der Waals surface area contributed by atoms with E-state index >= 15 is 0 Å². The average Bonchev–Trinajstić information content (AvgIpc) is 3.11. The Hall–Kier alpha value is -4.62. The van der Waals surface area contributed by atoms with Crippen molar-refractivity contribution in [1.82, 2.24) is 0 Å². The largest absolute Gasteiger partial charge is 0.489 e. The van der Waals surface area contributed by atoms with Gasteiger partial charge in [-0.2, -0.15) is 0 Å². The van der Waals surface area contributed by atoms with Crippen molar-refractivity contribution in [2.45, 2.75) is 0 Å². The number of ether oxygens (including phenoxy) is 2. The fourth-order valence-corrected chi connectivity index (χ4v) is 11.0. The Morgan fingerprint density at radius 3 is 0.886 bits per heavy atom. The van der Waals surface area contributed by atoms with E-state index < -0.39 is 14.3 Å². The molecular formula is C38H32O4P2. The quantitative estimate of drug-likeness (QED) is 0.125. The molecule has 0 spiro atoms. The van der Waals surface area contributed by atoms with Gasteiger partial charge in [-0.05, 0) is 24.3 Å². The molecule has 0 unspecified atom stereocenters.